The average Bonchev–Trinajstić information content (AvgIpc) is 2.86. The van der Waals surface area contributed by atoms with Gasteiger partial charge in [0.25, 0.3) is 0 Å². The number of aryl methyl sites for hydroxylation is 1. The van der Waals surface area contributed by atoms with Gasteiger partial charge in [-0.3, -0.25) is 4.98 Å². The summed E-state index contributed by atoms with van der Waals surface area (Å²) in [5.41, 5.74) is 3.63. The molecule has 3 rings (SSSR count). The zero-order valence-electron chi connectivity index (χ0n) is 11.3. The summed E-state index contributed by atoms with van der Waals surface area (Å²) < 4.78 is 2.12. The highest BCUT2D eigenvalue weighted by Crippen LogP contribution is 2.20. The van der Waals surface area contributed by atoms with E-state index in [4.69, 9.17) is 16.9 Å². The Hall–Kier alpha value is -2.38. The Morgan fingerprint density at radius 3 is 2.71 bits per heavy atom. The van der Waals surface area contributed by atoms with Crippen LogP contribution in [0.5, 0.6) is 0 Å². The first kappa shape index (κ1) is 13.6. The fourth-order valence-corrected chi connectivity index (χ4v) is 2.53. The molecule has 0 saturated carbocycles. The molecule has 0 bridgehead atoms. The maximum Gasteiger partial charge on any atom is 0.111 e. The van der Waals surface area contributed by atoms with Crippen molar-refractivity contribution < 1.29 is 0 Å². The first-order valence-corrected chi connectivity index (χ1v) is 7.19. The molecule has 0 amide bonds. The lowest BCUT2D eigenvalue weighted by molar-refractivity contribution is 0.753. The zero-order valence-corrected chi connectivity index (χ0v) is 12.1. The van der Waals surface area contributed by atoms with E-state index in [9.17, 15) is 0 Å². The van der Waals surface area contributed by atoms with Crippen LogP contribution in [-0.4, -0.2) is 20.4 Å². The highest BCUT2D eigenvalue weighted by Gasteiger charge is 2.11. The van der Waals surface area contributed by atoms with E-state index in [1.807, 2.05) is 24.3 Å². The number of halogens is 1. The summed E-state index contributed by atoms with van der Waals surface area (Å²) in [7, 11) is 0. The van der Waals surface area contributed by atoms with Gasteiger partial charge in [0.1, 0.15) is 5.82 Å². The van der Waals surface area contributed by atoms with E-state index >= 15 is 0 Å². The third kappa shape index (κ3) is 2.74. The minimum atomic E-state index is 0.519. The van der Waals surface area contributed by atoms with Gasteiger partial charge in [-0.25, -0.2) is 4.98 Å². The summed E-state index contributed by atoms with van der Waals surface area (Å²) in [5, 5.41) is 9.08. The Labute approximate surface area is 127 Å². The third-order valence-corrected chi connectivity index (χ3v) is 3.55. The number of rotatable bonds is 4. The Bertz CT molecular complexity index is 802. The van der Waals surface area contributed by atoms with Crippen molar-refractivity contribution in [2.24, 2.45) is 0 Å². The number of imidazole rings is 1. The van der Waals surface area contributed by atoms with Crippen molar-refractivity contribution >= 4 is 22.6 Å². The van der Waals surface area contributed by atoms with E-state index in [0.29, 0.717) is 24.4 Å². The molecule has 0 aliphatic rings. The van der Waals surface area contributed by atoms with Gasteiger partial charge in [-0.2, -0.15) is 5.26 Å². The molecule has 1 aromatic carbocycles. The topological polar surface area (TPSA) is 54.5 Å². The number of alkyl halides is 1. The first-order chi connectivity index (χ1) is 10.3. The molecule has 0 radical (unpaired) electrons. The lowest BCUT2D eigenvalue weighted by atomic mass is 10.2. The summed E-state index contributed by atoms with van der Waals surface area (Å²) in [6.07, 6.45) is 4.25. The normalized spacial score (nSPS) is 10.7. The molecule has 0 saturated heterocycles. The lowest BCUT2D eigenvalue weighted by Gasteiger charge is -2.08. The van der Waals surface area contributed by atoms with Crippen LogP contribution in [0.25, 0.3) is 11.0 Å². The van der Waals surface area contributed by atoms with Crippen molar-refractivity contribution in [1.82, 2.24) is 14.5 Å². The number of benzene rings is 1. The largest absolute Gasteiger partial charge is 0.323 e. The van der Waals surface area contributed by atoms with Crippen LogP contribution < -0.4 is 0 Å². The van der Waals surface area contributed by atoms with Gasteiger partial charge in [-0.05, 0) is 35.9 Å². The van der Waals surface area contributed by atoms with E-state index in [-0.39, 0.29) is 0 Å². The third-order valence-electron chi connectivity index (χ3n) is 3.36. The molecule has 2 aromatic heterocycles. The van der Waals surface area contributed by atoms with Gasteiger partial charge in [0.2, 0.25) is 0 Å². The number of aromatic nitrogens is 3. The molecule has 4 nitrogen and oxygen atoms in total. The average molecular weight is 297 g/mol. The molecule has 2 heterocycles. The molecule has 0 spiro atoms. The van der Waals surface area contributed by atoms with Crippen molar-refractivity contribution in [2.45, 2.75) is 13.0 Å². The number of hydrogen-bond donors (Lipinski definition) is 0. The Morgan fingerprint density at radius 1 is 1.19 bits per heavy atom. The Morgan fingerprint density at radius 2 is 2.00 bits per heavy atom. The summed E-state index contributed by atoms with van der Waals surface area (Å²) >= 11 is 5.88. The maximum absolute atomic E-state index is 9.08. The van der Waals surface area contributed by atoms with Crippen LogP contribution in [0.2, 0.25) is 0 Å². The van der Waals surface area contributed by atoms with E-state index in [0.717, 1.165) is 22.4 Å². The van der Waals surface area contributed by atoms with E-state index in [2.05, 4.69) is 20.6 Å². The van der Waals surface area contributed by atoms with Gasteiger partial charge in [-0.1, -0.05) is 0 Å². The highest BCUT2D eigenvalue weighted by molar-refractivity contribution is 6.17. The SMILES string of the molecule is N#Cc1ccc2nc(CCCl)n(Cc3ccncc3)c2c1. The van der Waals surface area contributed by atoms with E-state index in [1.54, 1.807) is 18.5 Å². The Balaban J connectivity index is 2.12. The van der Waals surface area contributed by atoms with Crippen LogP contribution in [0.3, 0.4) is 0 Å². The number of fused-ring (bicyclic) bond motifs is 1. The van der Waals surface area contributed by atoms with E-state index < -0.39 is 0 Å². The fraction of sp³-hybridized carbons (Fsp3) is 0.188. The van der Waals surface area contributed by atoms with Gasteiger partial charge in [0.05, 0.1) is 22.7 Å². The lowest BCUT2D eigenvalue weighted by Crippen LogP contribution is -2.06. The van der Waals surface area contributed by atoms with Crippen LogP contribution in [-0.2, 0) is 13.0 Å². The zero-order chi connectivity index (χ0) is 14.7. The molecule has 0 unspecified atom stereocenters. The maximum atomic E-state index is 9.08. The second-order valence-corrected chi connectivity index (χ2v) is 5.10. The van der Waals surface area contributed by atoms with Crippen molar-refractivity contribution in [3.05, 3.63) is 59.7 Å². The number of nitriles is 1. The van der Waals surface area contributed by atoms with E-state index in [1.165, 1.54) is 0 Å². The summed E-state index contributed by atoms with van der Waals surface area (Å²) in [5.74, 6) is 1.46. The Kier molecular flexibility index (Phi) is 3.85. The molecular formula is C16H13ClN4. The van der Waals surface area contributed by atoms with Gasteiger partial charge in [0.15, 0.2) is 0 Å². The van der Waals surface area contributed by atoms with Gasteiger partial charge >= 0.3 is 0 Å². The number of nitrogens with zero attached hydrogens (tertiary/aromatic N) is 4. The van der Waals surface area contributed by atoms with Crippen LogP contribution in [0.1, 0.15) is 17.0 Å². The predicted octanol–water partition coefficient (Wildman–Crippen LogP) is 3.13. The van der Waals surface area contributed by atoms with Crippen molar-refractivity contribution in [3.8, 4) is 6.07 Å². The molecule has 0 fully saturated rings. The summed E-state index contributed by atoms with van der Waals surface area (Å²) in [6.45, 7) is 0.695. The molecular weight excluding hydrogens is 284 g/mol. The van der Waals surface area contributed by atoms with Crippen LogP contribution >= 0.6 is 11.6 Å². The molecule has 21 heavy (non-hydrogen) atoms. The van der Waals surface area contributed by atoms with Gasteiger partial charge < -0.3 is 4.57 Å². The van der Waals surface area contributed by atoms with Gasteiger partial charge in [-0.15, -0.1) is 11.6 Å². The van der Waals surface area contributed by atoms with Crippen LogP contribution in [0, 0.1) is 11.3 Å². The van der Waals surface area contributed by atoms with Gasteiger partial charge in [0, 0.05) is 31.2 Å². The molecule has 0 N–H and O–H groups in total. The minimum Gasteiger partial charge on any atom is -0.323 e. The predicted molar refractivity (Wildman–Crippen MR) is 82.2 cm³/mol. The van der Waals surface area contributed by atoms with Crippen molar-refractivity contribution in [1.29, 1.82) is 5.26 Å². The standard InChI is InChI=1S/C16H13ClN4/c17-6-3-16-20-14-2-1-13(10-18)9-15(14)21(16)11-12-4-7-19-8-5-12/h1-2,4-5,7-9H,3,6,11H2. The van der Waals surface area contributed by atoms with Crippen molar-refractivity contribution in [3.63, 3.8) is 0 Å². The highest BCUT2D eigenvalue weighted by atomic mass is 35.5. The smallest absolute Gasteiger partial charge is 0.111 e. The first-order valence-electron chi connectivity index (χ1n) is 6.66. The fourth-order valence-electron chi connectivity index (χ4n) is 2.36. The molecule has 5 heteroatoms. The second-order valence-electron chi connectivity index (χ2n) is 4.72. The molecule has 0 aliphatic heterocycles. The molecule has 104 valence electrons. The minimum absolute atomic E-state index is 0.519. The number of hydrogen-bond acceptors (Lipinski definition) is 3. The number of pyridine rings is 1. The molecule has 0 atom stereocenters. The quantitative estimate of drug-likeness (QED) is 0.695. The van der Waals surface area contributed by atoms with Crippen LogP contribution in [0.4, 0.5) is 0 Å². The van der Waals surface area contributed by atoms with Crippen molar-refractivity contribution in [2.75, 3.05) is 5.88 Å². The monoisotopic (exact) mass is 296 g/mol. The summed E-state index contributed by atoms with van der Waals surface area (Å²) in [6, 6.07) is 11.7. The van der Waals surface area contributed by atoms with Crippen LogP contribution in [0.15, 0.2) is 42.7 Å². The summed E-state index contributed by atoms with van der Waals surface area (Å²) in [4.78, 5) is 8.66. The second kappa shape index (κ2) is 5.94. The molecule has 3 aromatic rings. The molecule has 0 aliphatic carbocycles.